The van der Waals surface area contributed by atoms with Crippen molar-refractivity contribution in [1.29, 1.82) is 0 Å². The van der Waals surface area contributed by atoms with Gasteiger partial charge in [-0.25, -0.2) is 0 Å². The largest absolute Gasteiger partial charge is 0.341 e. The SMILES string of the molecule is CCCC[NH+]1C[C@]2([N+](=O)[O-])C(=O)c3ccccc3[C@]([N+](=O)[O-])(C1)[C@H]2CC(C)=O. The molecule has 1 unspecified atom stereocenters. The molecule has 1 N–H and O–H groups in total. The second-order valence-electron chi connectivity index (χ2n) is 7.90. The number of piperidine rings is 1. The van der Waals surface area contributed by atoms with E-state index in [0.29, 0.717) is 11.4 Å². The highest BCUT2D eigenvalue weighted by atomic mass is 16.6. The number of hydrogen-bond acceptors (Lipinski definition) is 6. The number of nitro groups is 2. The quantitative estimate of drug-likeness (QED) is 0.539. The van der Waals surface area contributed by atoms with Gasteiger partial charge in [-0.05, 0) is 13.3 Å². The molecule has 1 heterocycles. The third kappa shape index (κ3) is 2.64. The first kappa shape index (κ1) is 20.1. The average molecular weight is 390 g/mol. The Kier molecular flexibility index (Phi) is 5.05. The molecule has 1 aromatic rings. The van der Waals surface area contributed by atoms with E-state index in [4.69, 9.17) is 0 Å². The summed E-state index contributed by atoms with van der Waals surface area (Å²) >= 11 is 0. The summed E-state index contributed by atoms with van der Waals surface area (Å²) < 4.78 is 0. The van der Waals surface area contributed by atoms with E-state index in [1.54, 1.807) is 12.1 Å². The van der Waals surface area contributed by atoms with Crippen molar-refractivity contribution in [3.8, 4) is 0 Å². The van der Waals surface area contributed by atoms with Gasteiger partial charge in [-0.3, -0.25) is 25.0 Å². The Balaban J connectivity index is 2.34. The molecule has 1 aromatic carbocycles. The molecule has 1 aliphatic heterocycles. The molecule has 0 amide bonds. The lowest BCUT2D eigenvalue weighted by Crippen LogP contribution is -3.19. The van der Waals surface area contributed by atoms with Gasteiger partial charge in [-0.2, -0.15) is 0 Å². The van der Waals surface area contributed by atoms with Crippen LogP contribution >= 0.6 is 0 Å². The maximum Gasteiger partial charge on any atom is 0.341 e. The van der Waals surface area contributed by atoms with E-state index < -0.39 is 38.4 Å². The van der Waals surface area contributed by atoms with Gasteiger partial charge in [0.15, 0.2) is 13.1 Å². The van der Waals surface area contributed by atoms with Gasteiger partial charge in [0.2, 0.25) is 5.78 Å². The number of rotatable bonds is 7. The minimum absolute atomic E-state index is 0.0256. The average Bonchev–Trinajstić information content (AvgIpc) is 2.64. The van der Waals surface area contributed by atoms with Crippen LogP contribution in [0.15, 0.2) is 24.3 Å². The van der Waals surface area contributed by atoms with Gasteiger partial charge in [0, 0.05) is 27.4 Å². The molecule has 4 atom stereocenters. The summed E-state index contributed by atoms with van der Waals surface area (Å²) in [6.45, 7) is 3.61. The summed E-state index contributed by atoms with van der Waals surface area (Å²) in [6, 6.07) is 6.09. The third-order valence-corrected chi connectivity index (χ3v) is 6.25. The molecule has 1 aliphatic carbocycles. The number of carbonyl (C=O) groups is 2. The maximum absolute atomic E-state index is 13.4. The Bertz CT molecular complexity index is 856. The van der Waals surface area contributed by atoms with Gasteiger partial charge in [-0.1, -0.05) is 37.6 Å². The van der Waals surface area contributed by atoms with Crippen LogP contribution in [-0.4, -0.2) is 46.6 Å². The number of likely N-dealkylation sites (tertiary alicyclic amines) is 1. The summed E-state index contributed by atoms with van der Waals surface area (Å²) in [4.78, 5) is 49.7. The predicted octanol–water partition coefficient (Wildman–Crippen LogP) is 0.664. The van der Waals surface area contributed by atoms with Gasteiger partial charge >= 0.3 is 11.1 Å². The van der Waals surface area contributed by atoms with Gasteiger partial charge < -0.3 is 9.69 Å². The smallest absolute Gasteiger partial charge is 0.322 e. The molecule has 9 heteroatoms. The van der Waals surface area contributed by atoms with Crippen LogP contribution in [0.2, 0.25) is 0 Å². The van der Waals surface area contributed by atoms with E-state index in [1.165, 1.54) is 19.1 Å². The Morgan fingerprint density at radius 2 is 1.79 bits per heavy atom. The highest BCUT2D eigenvalue weighted by Gasteiger charge is 2.79. The fourth-order valence-electron chi connectivity index (χ4n) is 5.07. The fourth-order valence-corrected chi connectivity index (χ4v) is 5.07. The summed E-state index contributed by atoms with van der Waals surface area (Å²) in [5.41, 5.74) is -3.79. The van der Waals surface area contributed by atoms with Crippen molar-refractivity contribution in [3.63, 3.8) is 0 Å². The molecule has 0 aromatic heterocycles. The number of Topliss-reactive ketones (excluding diaryl/α,β-unsaturated/α-hetero) is 2. The molecule has 1 saturated heterocycles. The number of hydrogen-bond donors (Lipinski definition) is 1. The van der Waals surface area contributed by atoms with Crippen LogP contribution in [0.5, 0.6) is 0 Å². The standard InChI is InChI=1S/C19H23N3O6/c1-3-4-9-20-11-18(21(25)26)15-8-6-5-7-14(15)17(24)19(12-20,22(27)28)16(18)10-13(2)23/h5-8,16H,3-4,9-12H2,1-2H3/p+1/t16-,18-,19-/m1/s1. The molecule has 2 bridgehead atoms. The van der Waals surface area contributed by atoms with Crippen molar-refractivity contribution in [3.05, 3.63) is 55.6 Å². The monoisotopic (exact) mass is 390 g/mol. The number of unbranched alkanes of at least 4 members (excludes halogenated alkanes) is 1. The van der Waals surface area contributed by atoms with E-state index in [9.17, 15) is 29.8 Å². The van der Waals surface area contributed by atoms with Crippen molar-refractivity contribution < 1.29 is 24.3 Å². The second-order valence-corrected chi connectivity index (χ2v) is 7.90. The van der Waals surface area contributed by atoms with E-state index in [-0.39, 0.29) is 30.6 Å². The predicted molar refractivity (Wildman–Crippen MR) is 98.4 cm³/mol. The normalized spacial score (nSPS) is 31.1. The second kappa shape index (κ2) is 7.05. The van der Waals surface area contributed by atoms with Crippen molar-refractivity contribution in [2.45, 2.75) is 44.2 Å². The summed E-state index contributed by atoms with van der Waals surface area (Å²) in [5, 5.41) is 24.8. The Morgan fingerprint density at radius 3 is 2.36 bits per heavy atom. The number of nitrogens with zero attached hydrogens (tertiary/aromatic N) is 2. The molecule has 1 fully saturated rings. The fraction of sp³-hybridized carbons (Fsp3) is 0.579. The van der Waals surface area contributed by atoms with Crippen LogP contribution < -0.4 is 4.90 Å². The molecule has 0 radical (unpaired) electrons. The molecule has 150 valence electrons. The topological polar surface area (TPSA) is 125 Å². The van der Waals surface area contributed by atoms with Crippen LogP contribution in [0, 0.1) is 26.1 Å². The summed E-state index contributed by atoms with van der Waals surface area (Å²) in [6.07, 6.45) is 1.20. The van der Waals surface area contributed by atoms with Crippen molar-refractivity contribution in [2.75, 3.05) is 19.6 Å². The van der Waals surface area contributed by atoms with Gasteiger partial charge in [-0.15, -0.1) is 0 Å². The first-order chi connectivity index (χ1) is 13.2. The zero-order chi connectivity index (χ0) is 20.7. The van der Waals surface area contributed by atoms with Crippen molar-refractivity contribution in [1.82, 2.24) is 0 Å². The Labute approximate surface area is 162 Å². The summed E-state index contributed by atoms with van der Waals surface area (Å²) in [5.74, 6) is -2.42. The Morgan fingerprint density at radius 1 is 1.18 bits per heavy atom. The number of ketones is 2. The molecule has 0 spiro atoms. The first-order valence-corrected chi connectivity index (χ1v) is 9.48. The molecule has 3 rings (SSSR count). The first-order valence-electron chi connectivity index (χ1n) is 9.48. The van der Waals surface area contributed by atoms with Crippen LogP contribution in [0.25, 0.3) is 0 Å². The van der Waals surface area contributed by atoms with Crippen LogP contribution in [0.1, 0.15) is 49.0 Å². The lowest BCUT2D eigenvalue weighted by Gasteiger charge is -2.48. The zero-order valence-electron chi connectivity index (χ0n) is 16.0. The van der Waals surface area contributed by atoms with Crippen molar-refractivity contribution in [2.24, 2.45) is 5.92 Å². The van der Waals surface area contributed by atoms with Crippen LogP contribution in [-0.2, 0) is 10.3 Å². The van der Waals surface area contributed by atoms with E-state index >= 15 is 0 Å². The number of fused-ring (bicyclic) bond motifs is 4. The molecular weight excluding hydrogens is 366 g/mol. The highest BCUT2D eigenvalue weighted by Crippen LogP contribution is 2.50. The lowest BCUT2D eigenvalue weighted by atomic mass is 9.56. The van der Waals surface area contributed by atoms with E-state index in [0.717, 1.165) is 12.8 Å². The van der Waals surface area contributed by atoms with E-state index in [1.807, 2.05) is 6.92 Å². The minimum atomic E-state index is -2.17. The van der Waals surface area contributed by atoms with Gasteiger partial charge in [0.25, 0.3) is 0 Å². The van der Waals surface area contributed by atoms with E-state index in [2.05, 4.69) is 0 Å². The number of nitrogens with one attached hydrogen (secondary N) is 1. The molecule has 9 nitrogen and oxygen atoms in total. The highest BCUT2D eigenvalue weighted by molar-refractivity contribution is 6.06. The lowest BCUT2D eigenvalue weighted by molar-refractivity contribution is -0.948. The van der Waals surface area contributed by atoms with Crippen LogP contribution in [0.3, 0.4) is 0 Å². The molecule has 28 heavy (non-hydrogen) atoms. The molecule has 0 saturated carbocycles. The minimum Gasteiger partial charge on any atom is -0.322 e. The zero-order valence-corrected chi connectivity index (χ0v) is 16.0. The third-order valence-electron chi connectivity index (χ3n) is 6.25. The number of carbonyl (C=O) groups excluding carboxylic acids is 2. The number of quaternary nitrogens is 1. The van der Waals surface area contributed by atoms with Crippen LogP contribution in [0.4, 0.5) is 0 Å². The molecular formula is C19H24N3O6+. The van der Waals surface area contributed by atoms with Gasteiger partial charge in [0.1, 0.15) is 11.7 Å². The number of benzene rings is 1. The molecule has 2 aliphatic rings. The van der Waals surface area contributed by atoms with Crippen molar-refractivity contribution >= 4 is 11.6 Å². The van der Waals surface area contributed by atoms with Gasteiger partial charge in [0.05, 0.1) is 6.54 Å². The maximum atomic E-state index is 13.4. The Hall–Kier alpha value is -2.68. The summed E-state index contributed by atoms with van der Waals surface area (Å²) in [7, 11) is 0.